The first-order valence-electron chi connectivity index (χ1n) is 6.65. The first kappa shape index (κ1) is 16.6. The number of fused-ring (bicyclic) bond motifs is 1. The molecule has 0 aromatic carbocycles. The van der Waals surface area contributed by atoms with E-state index < -0.39 is 3.23 Å². The Labute approximate surface area is 145 Å². The van der Waals surface area contributed by atoms with Gasteiger partial charge in [0.05, 0.1) is 6.10 Å². The molecule has 2 rings (SSSR count). The molecule has 0 aromatic rings. The minimum atomic E-state index is -0.408. The maximum atomic E-state index is 6.05. The lowest BCUT2D eigenvalue weighted by Crippen LogP contribution is -2.22. The molecule has 110 valence electrons. The fourth-order valence-electron chi connectivity index (χ4n) is 2.40. The Balaban J connectivity index is 1.98. The van der Waals surface area contributed by atoms with Gasteiger partial charge < -0.3 is 9.47 Å². The molecular formula is C15H17Br3O2. The summed E-state index contributed by atoms with van der Waals surface area (Å²) in [6, 6.07) is 0. The summed E-state index contributed by atoms with van der Waals surface area (Å²) >= 11 is 10.9. The molecule has 1 saturated heterocycles. The van der Waals surface area contributed by atoms with Gasteiger partial charge in [0.15, 0.2) is 0 Å². The Morgan fingerprint density at radius 3 is 2.95 bits per heavy atom. The van der Waals surface area contributed by atoms with Crippen molar-refractivity contribution in [1.82, 2.24) is 0 Å². The third kappa shape index (κ3) is 3.71. The van der Waals surface area contributed by atoms with Crippen molar-refractivity contribution >= 4 is 47.8 Å². The lowest BCUT2D eigenvalue weighted by molar-refractivity contribution is 0.0484. The molecule has 0 spiro atoms. The lowest BCUT2D eigenvalue weighted by Gasteiger charge is -2.22. The molecule has 1 fully saturated rings. The van der Waals surface area contributed by atoms with Crippen LogP contribution in [-0.4, -0.2) is 26.4 Å². The second kappa shape index (κ2) is 7.00. The molecule has 0 aromatic heterocycles. The predicted octanol–water partition coefficient (Wildman–Crippen LogP) is 4.67. The van der Waals surface area contributed by atoms with E-state index in [1.54, 1.807) is 6.08 Å². The Morgan fingerprint density at radius 2 is 2.35 bits per heavy atom. The number of alkyl halides is 3. The second-order valence-electron chi connectivity index (χ2n) is 4.96. The van der Waals surface area contributed by atoms with E-state index in [4.69, 9.17) is 15.9 Å². The third-order valence-corrected chi connectivity index (χ3v) is 6.17. The van der Waals surface area contributed by atoms with Gasteiger partial charge in [-0.1, -0.05) is 66.7 Å². The van der Waals surface area contributed by atoms with Crippen molar-refractivity contribution in [3.8, 4) is 12.3 Å². The highest BCUT2D eigenvalue weighted by Crippen LogP contribution is 2.46. The van der Waals surface area contributed by atoms with Crippen LogP contribution in [-0.2, 0) is 9.47 Å². The zero-order valence-corrected chi connectivity index (χ0v) is 15.9. The minimum absolute atomic E-state index is 0.0488. The number of allylic oxidation sites excluding steroid dienone is 3. The molecule has 2 aliphatic heterocycles. The van der Waals surface area contributed by atoms with Crippen molar-refractivity contribution in [2.45, 2.75) is 52.6 Å². The molecule has 4 atom stereocenters. The van der Waals surface area contributed by atoms with Crippen LogP contribution < -0.4 is 0 Å². The summed E-state index contributed by atoms with van der Waals surface area (Å²) in [5.74, 6) is 3.35. The summed E-state index contributed by atoms with van der Waals surface area (Å²) in [6.07, 6.45) is 14.0. The van der Waals surface area contributed by atoms with Gasteiger partial charge in [-0.25, -0.2) is 0 Å². The SMILES string of the molecule is C#C/C=C\CC(Br)(Br)C1=C[C@@H]2O[C@H]([C@H](Br)CC)C[C@@H]2O1. The summed E-state index contributed by atoms with van der Waals surface area (Å²) in [7, 11) is 0. The van der Waals surface area contributed by atoms with E-state index in [2.05, 4.69) is 66.7 Å². The Kier molecular flexibility index (Phi) is 5.81. The zero-order chi connectivity index (χ0) is 14.8. The molecule has 20 heavy (non-hydrogen) atoms. The molecule has 0 radical (unpaired) electrons. The summed E-state index contributed by atoms with van der Waals surface area (Å²) < 4.78 is 11.7. The maximum absolute atomic E-state index is 6.05. The highest BCUT2D eigenvalue weighted by Gasteiger charge is 2.45. The molecule has 0 aliphatic carbocycles. The molecule has 0 N–H and O–H groups in total. The quantitative estimate of drug-likeness (QED) is 0.431. The Bertz CT molecular complexity index is 451. The fraction of sp³-hybridized carbons (Fsp3) is 0.600. The average molecular weight is 469 g/mol. The van der Waals surface area contributed by atoms with Crippen LogP contribution in [0, 0.1) is 12.3 Å². The standard InChI is InChI=1S/C15H17Br3O2/c1-3-5-6-7-15(17,18)14-9-13-12(20-14)8-11(19-13)10(16)4-2/h1,5-6,9-13H,4,7-8H2,2H3/b6-5-/t10-,11+,12+,13+/m1/s1. The minimum Gasteiger partial charge on any atom is -0.489 e. The smallest absolute Gasteiger partial charge is 0.140 e. The normalized spacial score (nSPS) is 30.8. The van der Waals surface area contributed by atoms with Gasteiger partial charge in [-0.2, -0.15) is 0 Å². The topological polar surface area (TPSA) is 18.5 Å². The molecule has 2 heterocycles. The van der Waals surface area contributed by atoms with Crippen LogP contribution in [0.2, 0.25) is 0 Å². The summed E-state index contributed by atoms with van der Waals surface area (Å²) in [5, 5.41) is 0. The van der Waals surface area contributed by atoms with Gasteiger partial charge in [0, 0.05) is 11.2 Å². The van der Waals surface area contributed by atoms with Crippen molar-refractivity contribution < 1.29 is 9.47 Å². The van der Waals surface area contributed by atoms with Crippen LogP contribution in [0.5, 0.6) is 0 Å². The molecule has 0 bridgehead atoms. The number of terminal acetylenes is 1. The molecule has 2 aliphatic rings. The number of ether oxygens (including phenoxy) is 2. The van der Waals surface area contributed by atoms with E-state index in [0.29, 0.717) is 11.2 Å². The van der Waals surface area contributed by atoms with Gasteiger partial charge in [0.2, 0.25) is 0 Å². The average Bonchev–Trinajstić information content (AvgIpc) is 2.96. The monoisotopic (exact) mass is 466 g/mol. The van der Waals surface area contributed by atoms with Crippen LogP contribution in [0.4, 0.5) is 0 Å². The molecule has 0 amide bonds. The van der Waals surface area contributed by atoms with Crippen molar-refractivity contribution in [1.29, 1.82) is 0 Å². The van der Waals surface area contributed by atoms with E-state index in [1.807, 2.05) is 6.08 Å². The Hall–Kier alpha value is 0.240. The van der Waals surface area contributed by atoms with Crippen LogP contribution in [0.3, 0.4) is 0 Å². The number of halogens is 3. The van der Waals surface area contributed by atoms with Crippen LogP contribution in [0.1, 0.15) is 26.2 Å². The first-order chi connectivity index (χ1) is 9.47. The molecular weight excluding hydrogens is 452 g/mol. The summed E-state index contributed by atoms with van der Waals surface area (Å²) in [4.78, 5) is 0.393. The van der Waals surface area contributed by atoms with Gasteiger partial charge >= 0.3 is 0 Å². The van der Waals surface area contributed by atoms with Crippen LogP contribution in [0.25, 0.3) is 0 Å². The number of rotatable bonds is 5. The number of hydrogen-bond acceptors (Lipinski definition) is 2. The van der Waals surface area contributed by atoms with E-state index in [0.717, 1.165) is 18.6 Å². The van der Waals surface area contributed by atoms with Crippen molar-refractivity contribution in [2.75, 3.05) is 0 Å². The third-order valence-electron chi connectivity index (χ3n) is 3.50. The van der Waals surface area contributed by atoms with E-state index in [1.165, 1.54) is 0 Å². The van der Waals surface area contributed by atoms with E-state index >= 15 is 0 Å². The predicted molar refractivity (Wildman–Crippen MR) is 92.4 cm³/mol. The zero-order valence-electron chi connectivity index (χ0n) is 11.2. The molecule has 2 nitrogen and oxygen atoms in total. The molecule has 0 saturated carbocycles. The highest BCUT2D eigenvalue weighted by atomic mass is 79.9. The van der Waals surface area contributed by atoms with Crippen molar-refractivity contribution in [2.24, 2.45) is 0 Å². The van der Waals surface area contributed by atoms with Crippen LogP contribution >= 0.6 is 47.8 Å². The van der Waals surface area contributed by atoms with Gasteiger partial charge in [0.1, 0.15) is 21.2 Å². The van der Waals surface area contributed by atoms with Gasteiger partial charge in [0.25, 0.3) is 0 Å². The lowest BCUT2D eigenvalue weighted by atomic mass is 10.1. The summed E-state index contributed by atoms with van der Waals surface area (Å²) in [5.41, 5.74) is 0. The number of hydrogen-bond donors (Lipinski definition) is 0. The Morgan fingerprint density at radius 1 is 1.60 bits per heavy atom. The van der Waals surface area contributed by atoms with Crippen molar-refractivity contribution in [3.63, 3.8) is 0 Å². The largest absolute Gasteiger partial charge is 0.489 e. The second-order valence-corrected chi connectivity index (χ2v) is 9.91. The highest BCUT2D eigenvalue weighted by molar-refractivity contribution is 9.25. The summed E-state index contributed by atoms with van der Waals surface area (Å²) in [6.45, 7) is 2.15. The molecule has 5 heteroatoms. The van der Waals surface area contributed by atoms with E-state index in [-0.39, 0.29) is 18.3 Å². The van der Waals surface area contributed by atoms with Crippen molar-refractivity contribution in [3.05, 3.63) is 24.0 Å². The molecule has 0 unspecified atom stereocenters. The van der Waals surface area contributed by atoms with Crippen LogP contribution in [0.15, 0.2) is 24.0 Å². The van der Waals surface area contributed by atoms with Gasteiger partial charge in [-0.05, 0) is 25.0 Å². The van der Waals surface area contributed by atoms with Gasteiger partial charge in [-0.3, -0.25) is 0 Å². The maximum Gasteiger partial charge on any atom is 0.140 e. The van der Waals surface area contributed by atoms with E-state index in [9.17, 15) is 0 Å². The fourth-order valence-corrected chi connectivity index (χ4v) is 3.57. The first-order valence-corrected chi connectivity index (χ1v) is 9.15. The van der Waals surface area contributed by atoms with Gasteiger partial charge in [-0.15, -0.1) is 6.42 Å².